The maximum absolute atomic E-state index is 10.5. The van der Waals surface area contributed by atoms with Crippen molar-refractivity contribution < 1.29 is 5.11 Å². The Morgan fingerprint density at radius 3 is 2.30 bits per heavy atom. The van der Waals surface area contributed by atoms with Crippen LogP contribution < -0.4 is 5.73 Å². The molecule has 0 aromatic heterocycles. The molecule has 5 aliphatic rings. The number of nitrogens with zero attached hydrogens (tertiary/aromatic N) is 1. The van der Waals surface area contributed by atoms with E-state index in [2.05, 4.69) is 47.3 Å². The highest BCUT2D eigenvalue weighted by atomic mass is 16.3. The Kier molecular flexibility index (Phi) is 5.30. The van der Waals surface area contributed by atoms with Gasteiger partial charge in [-0.15, -0.1) is 0 Å². The van der Waals surface area contributed by atoms with Gasteiger partial charge in [0.25, 0.3) is 0 Å². The lowest BCUT2D eigenvalue weighted by Crippen LogP contribution is -2.68. The van der Waals surface area contributed by atoms with Crippen LogP contribution in [0, 0.1) is 68.0 Å². The fourth-order valence-electron chi connectivity index (χ4n) is 11.4. The van der Waals surface area contributed by atoms with Crippen LogP contribution in [0.4, 0.5) is 0 Å². The number of fused-ring (bicyclic) bond motifs is 7. The summed E-state index contributed by atoms with van der Waals surface area (Å²) < 4.78 is 0. The Bertz CT molecular complexity index is 877. The summed E-state index contributed by atoms with van der Waals surface area (Å²) in [6.45, 7) is 16.9. The van der Waals surface area contributed by atoms with E-state index >= 15 is 0 Å². The molecule has 3 N–H and O–H groups in total. The number of aliphatic hydroxyl groups excluding tert-OH is 1. The average Bonchev–Trinajstić information content (AvgIpc) is 3.17. The second-order valence-electron chi connectivity index (χ2n) is 14.3. The van der Waals surface area contributed by atoms with E-state index in [0.717, 1.165) is 25.7 Å². The number of nitriles is 1. The summed E-state index contributed by atoms with van der Waals surface area (Å²) in [7, 11) is 0. The summed E-state index contributed by atoms with van der Waals surface area (Å²) in [5.41, 5.74) is 8.51. The van der Waals surface area contributed by atoms with Crippen LogP contribution in [0.3, 0.4) is 0 Å². The molecule has 0 spiro atoms. The normalized spacial score (nSPS) is 57.8. The first kappa shape index (κ1) is 23.9. The number of hydrogen-bond acceptors (Lipinski definition) is 3. The monoisotopic (exact) mass is 452 g/mol. The molecule has 5 rings (SSSR count). The minimum Gasteiger partial charge on any atom is -0.396 e. The quantitative estimate of drug-likeness (QED) is 0.472. The second kappa shape index (κ2) is 7.33. The fraction of sp³-hybridized carbons (Fsp3) is 0.900. The van der Waals surface area contributed by atoms with Crippen LogP contribution in [0.2, 0.25) is 0 Å². The third-order valence-corrected chi connectivity index (χ3v) is 13.5. The predicted octanol–water partition coefficient (Wildman–Crippen LogP) is 6.47. The molecule has 5 saturated carbocycles. The van der Waals surface area contributed by atoms with Crippen LogP contribution in [0.1, 0.15) is 98.8 Å². The van der Waals surface area contributed by atoms with Crippen LogP contribution in [0.25, 0.3) is 0 Å². The van der Waals surface area contributed by atoms with Gasteiger partial charge in [-0.05, 0) is 117 Å². The van der Waals surface area contributed by atoms with Gasteiger partial charge in [-0.3, -0.25) is 0 Å². The van der Waals surface area contributed by atoms with Crippen molar-refractivity contribution in [3.05, 3.63) is 12.2 Å². The molecule has 0 aliphatic heterocycles. The van der Waals surface area contributed by atoms with Crippen LogP contribution in [0.5, 0.6) is 0 Å². The molecule has 33 heavy (non-hydrogen) atoms. The molecule has 0 radical (unpaired) electrons. The molecule has 5 fully saturated rings. The number of allylic oxidation sites excluding steroid dienone is 1. The minimum absolute atomic E-state index is 0.109. The third kappa shape index (κ3) is 2.75. The number of hydrogen-bond donors (Lipinski definition) is 2. The van der Waals surface area contributed by atoms with Crippen molar-refractivity contribution in [2.24, 2.45) is 62.4 Å². The predicted molar refractivity (Wildman–Crippen MR) is 134 cm³/mol. The molecule has 5 aliphatic carbocycles. The highest BCUT2D eigenvalue weighted by molar-refractivity contribution is 5.25. The van der Waals surface area contributed by atoms with Crippen molar-refractivity contribution in [2.45, 2.75) is 105 Å². The van der Waals surface area contributed by atoms with Gasteiger partial charge in [0.2, 0.25) is 0 Å². The van der Waals surface area contributed by atoms with E-state index in [1.54, 1.807) is 0 Å². The lowest BCUT2D eigenvalue weighted by molar-refractivity contribution is -0.239. The fourth-order valence-corrected chi connectivity index (χ4v) is 11.4. The maximum Gasteiger partial charge on any atom is 0.0693 e. The largest absolute Gasteiger partial charge is 0.396 e. The Labute approximate surface area is 202 Å². The van der Waals surface area contributed by atoms with Crippen molar-refractivity contribution >= 4 is 0 Å². The van der Waals surface area contributed by atoms with E-state index < -0.39 is 0 Å². The van der Waals surface area contributed by atoms with Gasteiger partial charge < -0.3 is 10.8 Å². The Hall–Kier alpha value is -0.850. The first-order chi connectivity index (χ1) is 15.4. The first-order valence-electron chi connectivity index (χ1n) is 13.9. The summed E-state index contributed by atoms with van der Waals surface area (Å²) in [5, 5.41) is 20.9. The zero-order valence-electron chi connectivity index (χ0n) is 21.9. The van der Waals surface area contributed by atoms with Crippen molar-refractivity contribution in [1.29, 1.82) is 5.26 Å². The highest BCUT2D eigenvalue weighted by Gasteiger charge is 2.71. The highest BCUT2D eigenvalue weighted by Crippen LogP contribution is 2.77. The Balaban J connectivity index is 1.56. The zero-order chi connectivity index (χ0) is 24.0. The maximum atomic E-state index is 10.5. The lowest BCUT2D eigenvalue weighted by atomic mass is 9.32. The van der Waals surface area contributed by atoms with Gasteiger partial charge in [-0.25, -0.2) is 0 Å². The molecule has 184 valence electrons. The van der Waals surface area contributed by atoms with Gasteiger partial charge in [-0.1, -0.05) is 39.8 Å². The molecule has 0 saturated heterocycles. The molecular weight excluding hydrogens is 404 g/mol. The standard InChI is InChI=1S/C30H48N2O/c1-19(2)20-9-14-30(17-31)16-15-28(5)21(25(20)30)7-8-23-26(3)12-11-24(32)27(4,18-33)22(26)10-13-29(23,28)6/h20-25,33H,1,7-16,18,32H2,2-6H3. The smallest absolute Gasteiger partial charge is 0.0693 e. The SMILES string of the molecule is C=C(C)C1CCC2(C#N)CCC3(C)C(CCC4C5(C)CCC(N)C(C)(CO)C5CCC43C)C12. The molecular formula is C30H48N2O. The van der Waals surface area contributed by atoms with Crippen molar-refractivity contribution in [1.82, 2.24) is 0 Å². The van der Waals surface area contributed by atoms with E-state index in [-0.39, 0.29) is 34.3 Å². The van der Waals surface area contributed by atoms with Crippen molar-refractivity contribution in [2.75, 3.05) is 6.61 Å². The number of aliphatic hydroxyl groups is 1. The van der Waals surface area contributed by atoms with Crippen LogP contribution in [-0.2, 0) is 0 Å². The molecule has 11 unspecified atom stereocenters. The van der Waals surface area contributed by atoms with Gasteiger partial charge in [0.15, 0.2) is 0 Å². The van der Waals surface area contributed by atoms with Crippen molar-refractivity contribution in [3.63, 3.8) is 0 Å². The van der Waals surface area contributed by atoms with E-state index in [4.69, 9.17) is 5.73 Å². The van der Waals surface area contributed by atoms with E-state index in [1.807, 2.05) is 0 Å². The van der Waals surface area contributed by atoms with Gasteiger partial charge in [0.05, 0.1) is 18.1 Å². The van der Waals surface area contributed by atoms with Gasteiger partial charge >= 0.3 is 0 Å². The van der Waals surface area contributed by atoms with E-state index in [0.29, 0.717) is 35.0 Å². The lowest BCUT2D eigenvalue weighted by Gasteiger charge is -2.72. The van der Waals surface area contributed by atoms with Gasteiger partial charge in [0, 0.05) is 11.5 Å². The molecule has 3 heteroatoms. The number of rotatable bonds is 2. The minimum atomic E-state index is -0.162. The van der Waals surface area contributed by atoms with Gasteiger partial charge in [-0.2, -0.15) is 5.26 Å². The molecule has 0 aromatic carbocycles. The zero-order valence-corrected chi connectivity index (χ0v) is 21.9. The van der Waals surface area contributed by atoms with Crippen LogP contribution in [-0.4, -0.2) is 17.8 Å². The summed E-state index contributed by atoms with van der Waals surface area (Å²) in [6, 6.07) is 3.00. The molecule has 0 bridgehead atoms. The summed E-state index contributed by atoms with van der Waals surface area (Å²) in [5.74, 6) is 2.83. The molecule has 0 aromatic rings. The topological polar surface area (TPSA) is 70.0 Å². The van der Waals surface area contributed by atoms with Crippen molar-refractivity contribution in [3.8, 4) is 6.07 Å². The molecule has 3 nitrogen and oxygen atoms in total. The average molecular weight is 453 g/mol. The molecule has 0 heterocycles. The Morgan fingerprint density at radius 1 is 0.939 bits per heavy atom. The second-order valence-corrected chi connectivity index (χ2v) is 14.3. The van der Waals surface area contributed by atoms with Crippen LogP contribution >= 0.6 is 0 Å². The van der Waals surface area contributed by atoms with Gasteiger partial charge in [0.1, 0.15) is 0 Å². The third-order valence-electron chi connectivity index (χ3n) is 13.5. The number of nitrogens with two attached hydrogens (primary N) is 1. The Morgan fingerprint density at radius 2 is 1.67 bits per heavy atom. The van der Waals surface area contributed by atoms with Crippen LogP contribution in [0.15, 0.2) is 12.2 Å². The first-order valence-corrected chi connectivity index (χ1v) is 13.9. The van der Waals surface area contributed by atoms with E-state index in [1.165, 1.54) is 44.1 Å². The summed E-state index contributed by atoms with van der Waals surface area (Å²) in [6.07, 6.45) is 11.7. The molecule has 0 amide bonds. The summed E-state index contributed by atoms with van der Waals surface area (Å²) in [4.78, 5) is 0. The summed E-state index contributed by atoms with van der Waals surface area (Å²) >= 11 is 0. The molecule has 11 atom stereocenters. The van der Waals surface area contributed by atoms with E-state index in [9.17, 15) is 10.4 Å².